The summed E-state index contributed by atoms with van der Waals surface area (Å²) in [5.74, 6) is -0.370. The van der Waals surface area contributed by atoms with Crippen LogP contribution in [-0.4, -0.2) is 45.9 Å². The van der Waals surface area contributed by atoms with Gasteiger partial charge in [0.25, 0.3) is 0 Å². The Morgan fingerprint density at radius 2 is 1.92 bits per heavy atom. The second-order valence-electron chi connectivity index (χ2n) is 9.10. The summed E-state index contributed by atoms with van der Waals surface area (Å²) in [5, 5.41) is 6.05. The van der Waals surface area contributed by atoms with Gasteiger partial charge in [-0.25, -0.2) is 9.78 Å². The number of anilines is 1. The average Bonchev–Trinajstić information content (AvgIpc) is 3.36. The van der Waals surface area contributed by atoms with Crippen LogP contribution in [0.1, 0.15) is 61.8 Å². The molecule has 192 valence electrons. The molecule has 2 aromatic rings. The van der Waals surface area contributed by atoms with Crippen LogP contribution in [0.3, 0.4) is 0 Å². The molecule has 1 saturated carbocycles. The minimum absolute atomic E-state index is 0.0337. The zero-order valence-electron chi connectivity index (χ0n) is 19.7. The van der Waals surface area contributed by atoms with E-state index in [0.29, 0.717) is 29.9 Å². The number of hydrogen-bond donors (Lipinski definition) is 2. The van der Waals surface area contributed by atoms with Crippen molar-refractivity contribution in [3.63, 3.8) is 0 Å². The summed E-state index contributed by atoms with van der Waals surface area (Å²) in [6, 6.07) is 3.53. The second-order valence-corrected chi connectivity index (χ2v) is 9.50. The standard InChI is InChI=1S/C25H27ClF3N5O2/c1-15(23(35)32-19-4-2-3-5-19)17-12-20(26)22(31-13-17)16-8-10-34(11-9-16)24(36)33-21-7-6-18(14-30-21)25(27,28)29/h6-8,12-15,19H,2-5,9-11H2,1H3,(H,32,35)(H,30,33,36). The molecule has 0 aromatic carbocycles. The summed E-state index contributed by atoms with van der Waals surface area (Å²) in [6.45, 7) is 2.49. The zero-order valence-corrected chi connectivity index (χ0v) is 20.5. The molecule has 3 heterocycles. The molecule has 4 rings (SSSR count). The summed E-state index contributed by atoms with van der Waals surface area (Å²) in [7, 11) is 0. The number of rotatable bonds is 5. The largest absolute Gasteiger partial charge is 0.417 e. The number of pyridine rings is 2. The van der Waals surface area contributed by atoms with E-state index in [1.807, 2.05) is 13.0 Å². The van der Waals surface area contributed by atoms with E-state index in [2.05, 4.69) is 20.6 Å². The molecule has 2 aromatic heterocycles. The topological polar surface area (TPSA) is 87.2 Å². The van der Waals surface area contributed by atoms with Gasteiger partial charge in [-0.15, -0.1) is 0 Å². The van der Waals surface area contributed by atoms with Crippen molar-refractivity contribution < 1.29 is 22.8 Å². The third-order valence-corrected chi connectivity index (χ3v) is 6.87. The highest BCUT2D eigenvalue weighted by Crippen LogP contribution is 2.31. The summed E-state index contributed by atoms with van der Waals surface area (Å²) >= 11 is 6.52. The molecule has 11 heteroatoms. The van der Waals surface area contributed by atoms with Gasteiger partial charge < -0.3 is 10.2 Å². The van der Waals surface area contributed by atoms with E-state index in [4.69, 9.17) is 11.6 Å². The van der Waals surface area contributed by atoms with Crippen molar-refractivity contribution in [3.8, 4) is 0 Å². The Balaban J connectivity index is 1.35. The molecule has 0 bridgehead atoms. The molecule has 0 saturated heterocycles. The molecule has 0 radical (unpaired) electrons. The van der Waals surface area contributed by atoms with Gasteiger partial charge in [0.1, 0.15) is 5.82 Å². The number of aromatic nitrogens is 2. The van der Waals surface area contributed by atoms with E-state index in [-0.39, 0.29) is 30.2 Å². The van der Waals surface area contributed by atoms with Gasteiger partial charge in [0.2, 0.25) is 5.91 Å². The summed E-state index contributed by atoms with van der Waals surface area (Å²) in [4.78, 5) is 34.8. The molecule has 1 atom stereocenters. The first-order valence-electron chi connectivity index (χ1n) is 11.9. The summed E-state index contributed by atoms with van der Waals surface area (Å²) in [5.41, 5.74) is 1.34. The fourth-order valence-corrected chi connectivity index (χ4v) is 4.66. The number of amides is 3. The minimum Gasteiger partial charge on any atom is -0.353 e. The summed E-state index contributed by atoms with van der Waals surface area (Å²) < 4.78 is 38.0. The van der Waals surface area contributed by atoms with E-state index < -0.39 is 17.8 Å². The number of urea groups is 1. The van der Waals surface area contributed by atoms with E-state index in [9.17, 15) is 22.8 Å². The maximum absolute atomic E-state index is 12.7. The number of nitrogens with zero attached hydrogens (tertiary/aromatic N) is 3. The smallest absolute Gasteiger partial charge is 0.353 e. The molecule has 1 unspecified atom stereocenters. The molecule has 2 N–H and O–H groups in total. The van der Waals surface area contributed by atoms with Crippen molar-refractivity contribution in [1.82, 2.24) is 20.2 Å². The lowest BCUT2D eigenvalue weighted by Gasteiger charge is -2.26. The molecule has 2 aliphatic rings. The first-order chi connectivity index (χ1) is 17.1. The van der Waals surface area contributed by atoms with Crippen LogP contribution in [0.15, 0.2) is 36.7 Å². The number of carbonyl (C=O) groups is 2. The monoisotopic (exact) mass is 521 g/mol. The van der Waals surface area contributed by atoms with Gasteiger partial charge in [0.15, 0.2) is 0 Å². The van der Waals surface area contributed by atoms with E-state index >= 15 is 0 Å². The van der Waals surface area contributed by atoms with Gasteiger partial charge in [-0.3, -0.25) is 15.1 Å². The Labute approximate surface area is 212 Å². The van der Waals surface area contributed by atoms with Crippen molar-refractivity contribution in [3.05, 3.63) is 58.5 Å². The molecule has 0 spiro atoms. The SMILES string of the molecule is CC(C(=O)NC1CCCC1)c1cnc(C2=CCN(C(=O)Nc3ccc(C(F)(F)F)cn3)CC2)c(Cl)c1. The normalized spacial score (nSPS) is 17.5. The van der Waals surface area contributed by atoms with Crippen LogP contribution in [0.25, 0.3) is 5.57 Å². The van der Waals surface area contributed by atoms with Crippen LogP contribution < -0.4 is 10.6 Å². The molecule has 1 aliphatic carbocycles. The second kappa shape index (κ2) is 10.9. The van der Waals surface area contributed by atoms with Crippen molar-refractivity contribution in [1.29, 1.82) is 0 Å². The lowest BCUT2D eigenvalue weighted by molar-refractivity contribution is -0.137. The maximum Gasteiger partial charge on any atom is 0.417 e. The molecule has 1 fully saturated rings. The Kier molecular flexibility index (Phi) is 7.82. The van der Waals surface area contributed by atoms with Crippen molar-refractivity contribution in [2.75, 3.05) is 18.4 Å². The van der Waals surface area contributed by atoms with Crippen LogP contribution in [0.5, 0.6) is 0 Å². The van der Waals surface area contributed by atoms with Crippen LogP contribution in [-0.2, 0) is 11.0 Å². The molecule has 36 heavy (non-hydrogen) atoms. The molecule has 1 aliphatic heterocycles. The number of halogens is 4. The molecule has 3 amide bonds. The molecule has 7 nitrogen and oxygen atoms in total. The highest BCUT2D eigenvalue weighted by atomic mass is 35.5. The maximum atomic E-state index is 12.7. The molecular weight excluding hydrogens is 495 g/mol. The Bertz CT molecular complexity index is 1150. The predicted octanol–water partition coefficient (Wildman–Crippen LogP) is 5.63. The van der Waals surface area contributed by atoms with Crippen LogP contribution in [0.2, 0.25) is 5.02 Å². The van der Waals surface area contributed by atoms with Crippen LogP contribution in [0, 0.1) is 0 Å². The van der Waals surface area contributed by atoms with Gasteiger partial charge in [-0.2, -0.15) is 13.2 Å². The number of carbonyl (C=O) groups excluding carboxylic acids is 2. The van der Waals surface area contributed by atoms with Crippen molar-refractivity contribution in [2.24, 2.45) is 0 Å². The molecular formula is C25H27ClF3N5O2. The fourth-order valence-electron chi connectivity index (χ4n) is 4.37. The van der Waals surface area contributed by atoms with Gasteiger partial charge in [0.05, 0.1) is 22.2 Å². The predicted molar refractivity (Wildman–Crippen MR) is 130 cm³/mol. The lowest BCUT2D eigenvalue weighted by atomic mass is 9.99. The highest BCUT2D eigenvalue weighted by Gasteiger charge is 2.31. The fraction of sp³-hybridized carbons (Fsp3) is 0.440. The quantitative estimate of drug-likeness (QED) is 0.533. The van der Waals surface area contributed by atoms with E-state index in [0.717, 1.165) is 49.0 Å². The average molecular weight is 522 g/mol. The minimum atomic E-state index is -4.49. The van der Waals surface area contributed by atoms with Gasteiger partial charge in [-0.05, 0) is 55.5 Å². The Morgan fingerprint density at radius 3 is 2.50 bits per heavy atom. The van der Waals surface area contributed by atoms with E-state index in [1.54, 1.807) is 12.3 Å². The number of nitrogens with one attached hydrogen (secondary N) is 2. The van der Waals surface area contributed by atoms with Crippen molar-refractivity contribution >= 4 is 34.9 Å². The summed E-state index contributed by atoms with van der Waals surface area (Å²) in [6.07, 6.45) is 4.50. The van der Waals surface area contributed by atoms with Gasteiger partial charge in [-0.1, -0.05) is 30.5 Å². The van der Waals surface area contributed by atoms with Gasteiger partial charge in [0, 0.05) is 31.5 Å². The number of hydrogen-bond acceptors (Lipinski definition) is 4. The Hall–Kier alpha value is -3.14. The van der Waals surface area contributed by atoms with Crippen LogP contribution in [0.4, 0.5) is 23.8 Å². The third kappa shape index (κ3) is 6.16. The van der Waals surface area contributed by atoms with E-state index in [1.165, 1.54) is 4.90 Å². The number of alkyl halides is 3. The lowest BCUT2D eigenvalue weighted by Crippen LogP contribution is -2.38. The third-order valence-electron chi connectivity index (χ3n) is 6.58. The van der Waals surface area contributed by atoms with Crippen molar-refractivity contribution in [2.45, 2.75) is 57.2 Å². The zero-order chi connectivity index (χ0) is 25.9. The van der Waals surface area contributed by atoms with Crippen LogP contribution >= 0.6 is 11.6 Å². The van der Waals surface area contributed by atoms with Gasteiger partial charge >= 0.3 is 12.2 Å². The first kappa shape index (κ1) is 25.9. The Morgan fingerprint density at radius 1 is 1.17 bits per heavy atom. The highest BCUT2D eigenvalue weighted by molar-refractivity contribution is 6.32. The first-order valence-corrected chi connectivity index (χ1v) is 12.2.